The molecule has 1 nitrogen and oxygen atoms in total. The second-order valence-electron chi connectivity index (χ2n) is 2.08. The van der Waals surface area contributed by atoms with Crippen LogP contribution in [0.3, 0.4) is 0 Å². The highest BCUT2D eigenvalue weighted by Gasteiger charge is 2.06. The van der Waals surface area contributed by atoms with Crippen molar-refractivity contribution in [2.24, 2.45) is 0 Å². The SMILES string of the molecule is C#C[C@@H](O)c1cscc1C. The highest BCUT2D eigenvalue weighted by Crippen LogP contribution is 2.20. The topological polar surface area (TPSA) is 20.2 Å². The Morgan fingerprint density at radius 1 is 1.70 bits per heavy atom. The maximum Gasteiger partial charge on any atom is 0.141 e. The molecule has 0 unspecified atom stereocenters. The zero-order chi connectivity index (χ0) is 7.56. The van der Waals surface area contributed by atoms with Gasteiger partial charge >= 0.3 is 0 Å². The van der Waals surface area contributed by atoms with E-state index < -0.39 is 6.10 Å². The zero-order valence-electron chi connectivity index (χ0n) is 5.66. The first-order valence-electron chi connectivity index (χ1n) is 2.92. The van der Waals surface area contributed by atoms with Crippen LogP contribution >= 0.6 is 11.3 Å². The van der Waals surface area contributed by atoms with E-state index in [0.717, 1.165) is 11.1 Å². The Kier molecular flexibility index (Phi) is 2.10. The highest BCUT2D eigenvalue weighted by atomic mass is 32.1. The molecule has 0 aliphatic rings. The fraction of sp³-hybridized carbons (Fsp3) is 0.250. The molecule has 1 atom stereocenters. The minimum absolute atomic E-state index is 0.730. The molecule has 0 aliphatic heterocycles. The number of hydrogen-bond acceptors (Lipinski definition) is 2. The summed E-state index contributed by atoms with van der Waals surface area (Å²) < 4.78 is 0. The Hall–Kier alpha value is -0.780. The van der Waals surface area contributed by atoms with E-state index in [1.807, 2.05) is 17.7 Å². The second-order valence-corrected chi connectivity index (χ2v) is 2.82. The van der Waals surface area contributed by atoms with Gasteiger partial charge in [-0.05, 0) is 23.2 Å². The summed E-state index contributed by atoms with van der Waals surface area (Å²) in [6.45, 7) is 1.94. The van der Waals surface area contributed by atoms with Crippen LogP contribution in [0.5, 0.6) is 0 Å². The monoisotopic (exact) mass is 152 g/mol. The van der Waals surface area contributed by atoms with Gasteiger partial charge in [0.2, 0.25) is 0 Å². The van der Waals surface area contributed by atoms with Crippen LogP contribution in [0.1, 0.15) is 17.2 Å². The number of rotatable bonds is 1. The van der Waals surface area contributed by atoms with Crippen LogP contribution in [0.2, 0.25) is 0 Å². The van der Waals surface area contributed by atoms with Crippen molar-refractivity contribution < 1.29 is 5.11 Å². The molecule has 1 rings (SSSR count). The lowest BCUT2D eigenvalue weighted by Crippen LogP contribution is -1.91. The van der Waals surface area contributed by atoms with Crippen LogP contribution in [-0.4, -0.2) is 5.11 Å². The van der Waals surface area contributed by atoms with E-state index in [9.17, 15) is 0 Å². The van der Waals surface area contributed by atoms with Crippen molar-refractivity contribution in [2.75, 3.05) is 0 Å². The Bertz CT molecular complexity index is 256. The van der Waals surface area contributed by atoms with Crippen molar-refractivity contribution in [3.63, 3.8) is 0 Å². The minimum Gasteiger partial charge on any atom is -0.376 e. The summed E-state index contributed by atoms with van der Waals surface area (Å²) >= 11 is 1.55. The maximum atomic E-state index is 9.17. The van der Waals surface area contributed by atoms with E-state index in [1.54, 1.807) is 11.3 Å². The largest absolute Gasteiger partial charge is 0.376 e. The lowest BCUT2D eigenvalue weighted by Gasteiger charge is -1.99. The average Bonchev–Trinajstić information content (AvgIpc) is 2.34. The first-order chi connectivity index (χ1) is 4.75. The van der Waals surface area contributed by atoms with E-state index in [1.165, 1.54) is 0 Å². The number of aliphatic hydroxyl groups excluding tert-OH is 1. The van der Waals surface area contributed by atoms with E-state index in [4.69, 9.17) is 11.5 Å². The maximum absolute atomic E-state index is 9.17. The molecule has 1 N–H and O–H groups in total. The normalized spacial score (nSPS) is 12.5. The van der Waals surface area contributed by atoms with Gasteiger partial charge in [0.25, 0.3) is 0 Å². The Morgan fingerprint density at radius 3 is 2.80 bits per heavy atom. The van der Waals surface area contributed by atoms with Gasteiger partial charge in [0.05, 0.1) is 0 Å². The third kappa shape index (κ3) is 1.21. The summed E-state index contributed by atoms with van der Waals surface area (Å²) in [6, 6.07) is 0. The van der Waals surface area contributed by atoms with Crippen molar-refractivity contribution in [1.29, 1.82) is 0 Å². The molecule has 1 heterocycles. The molecular formula is C8H8OS. The second kappa shape index (κ2) is 2.87. The number of terminal acetylenes is 1. The molecule has 10 heavy (non-hydrogen) atoms. The smallest absolute Gasteiger partial charge is 0.141 e. The minimum atomic E-state index is -0.730. The molecule has 52 valence electrons. The quantitative estimate of drug-likeness (QED) is 0.607. The van der Waals surface area contributed by atoms with Gasteiger partial charge in [-0.25, -0.2) is 0 Å². The molecule has 1 aromatic rings. The van der Waals surface area contributed by atoms with Gasteiger partial charge in [-0.2, -0.15) is 11.3 Å². The summed E-state index contributed by atoms with van der Waals surface area (Å²) in [7, 11) is 0. The van der Waals surface area contributed by atoms with Gasteiger partial charge in [0, 0.05) is 5.56 Å². The molecule has 2 heteroatoms. The first-order valence-corrected chi connectivity index (χ1v) is 3.87. The lowest BCUT2D eigenvalue weighted by molar-refractivity contribution is 0.238. The molecule has 1 aromatic heterocycles. The van der Waals surface area contributed by atoms with Gasteiger partial charge in [0.1, 0.15) is 6.10 Å². The molecular weight excluding hydrogens is 144 g/mol. The van der Waals surface area contributed by atoms with Gasteiger partial charge < -0.3 is 5.11 Å². The Morgan fingerprint density at radius 2 is 2.40 bits per heavy atom. The van der Waals surface area contributed by atoms with Crippen LogP contribution < -0.4 is 0 Å². The first kappa shape index (κ1) is 7.33. The van der Waals surface area contributed by atoms with E-state index >= 15 is 0 Å². The van der Waals surface area contributed by atoms with Crippen LogP contribution in [0.25, 0.3) is 0 Å². The number of aryl methyl sites for hydroxylation is 1. The van der Waals surface area contributed by atoms with Crippen molar-refractivity contribution in [1.82, 2.24) is 0 Å². The standard InChI is InChI=1S/C8H8OS/c1-3-8(9)7-5-10-4-6(7)2/h1,4-5,8-9H,2H3/t8-/m1/s1. The van der Waals surface area contributed by atoms with Crippen LogP contribution in [-0.2, 0) is 0 Å². The summed E-state index contributed by atoms with van der Waals surface area (Å²) in [5, 5.41) is 13.0. The molecule has 0 fully saturated rings. The Balaban J connectivity index is 2.96. The van der Waals surface area contributed by atoms with E-state index in [-0.39, 0.29) is 0 Å². The predicted molar refractivity (Wildman–Crippen MR) is 42.8 cm³/mol. The van der Waals surface area contributed by atoms with Crippen molar-refractivity contribution in [3.8, 4) is 12.3 Å². The zero-order valence-corrected chi connectivity index (χ0v) is 6.48. The number of thiophene rings is 1. The summed E-state index contributed by atoms with van der Waals surface area (Å²) in [6.07, 6.45) is 4.31. The predicted octanol–water partition coefficient (Wildman–Crippen LogP) is 1.72. The van der Waals surface area contributed by atoms with Gasteiger partial charge in [-0.1, -0.05) is 5.92 Å². The van der Waals surface area contributed by atoms with Crippen molar-refractivity contribution in [3.05, 3.63) is 21.9 Å². The molecule has 0 radical (unpaired) electrons. The molecule has 0 saturated heterocycles. The van der Waals surface area contributed by atoms with Crippen molar-refractivity contribution >= 4 is 11.3 Å². The molecule has 0 aliphatic carbocycles. The molecule has 0 spiro atoms. The summed E-state index contributed by atoms with van der Waals surface area (Å²) in [5.74, 6) is 2.27. The molecule has 0 bridgehead atoms. The van der Waals surface area contributed by atoms with E-state index in [0.29, 0.717) is 0 Å². The number of hydrogen-bond donors (Lipinski definition) is 1. The lowest BCUT2D eigenvalue weighted by atomic mass is 10.1. The fourth-order valence-corrected chi connectivity index (χ4v) is 1.61. The molecule has 0 amide bonds. The third-order valence-corrected chi connectivity index (χ3v) is 2.23. The van der Waals surface area contributed by atoms with Gasteiger partial charge in [-0.3, -0.25) is 0 Å². The third-order valence-electron chi connectivity index (χ3n) is 1.35. The van der Waals surface area contributed by atoms with Crippen LogP contribution in [0.4, 0.5) is 0 Å². The summed E-state index contributed by atoms with van der Waals surface area (Å²) in [4.78, 5) is 0. The van der Waals surface area contributed by atoms with Crippen LogP contribution in [0, 0.1) is 19.3 Å². The number of aliphatic hydroxyl groups is 1. The highest BCUT2D eigenvalue weighted by molar-refractivity contribution is 7.08. The molecule has 0 aromatic carbocycles. The van der Waals surface area contributed by atoms with E-state index in [2.05, 4.69) is 5.92 Å². The summed E-state index contributed by atoms with van der Waals surface area (Å²) in [5.41, 5.74) is 1.92. The van der Waals surface area contributed by atoms with Gasteiger partial charge in [-0.15, -0.1) is 6.42 Å². The average molecular weight is 152 g/mol. The van der Waals surface area contributed by atoms with Crippen LogP contribution in [0.15, 0.2) is 10.8 Å². The van der Waals surface area contributed by atoms with Crippen molar-refractivity contribution in [2.45, 2.75) is 13.0 Å². The molecule has 0 saturated carbocycles. The fourth-order valence-electron chi connectivity index (χ4n) is 0.740. The van der Waals surface area contributed by atoms with Gasteiger partial charge in [0.15, 0.2) is 0 Å². The Labute approximate surface area is 64.3 Å².